The highest BCUT2D eigenvalue weighted by atomic mass is 79.9. The van der Waals surface area contributed by atoms with Crippen molar-refractivity contribution in [3.8, 4) is 5.75 Å². The van der Waals surface area contributed by atoms with E-state index in [0.717, 1.165) is 6.07 Å². The maximum atomic E-state index is 12.5. The van der Waals surface area contributed by atoms with Crippen molar-refractivity contribution in [2.45, 2.75) is 6.18 Å². The molecule has 0 atom stereocenters. The molecule has 0 saturated carbocycles. The third-order valence-electron chi connectivity index (χ3n) is 2.66. The lowest BCUT2D eigenvalue weighted by atomic mass is 10.0. The molecule has 2 aromatic carbocycles. The summed E-state index contributed by atoms with van der Waals surface area (Å²) in [5.41, 5.74) is -0.456. The molecule has 0 aliphatic carbocycles. The maximum Gasteiger partial charge on any atom is 0.454 e. The topological polar surface area (TPSA) is 26.3 Å². The van der Waals surface area contributed by atoms with Crippen molar-refractivity contribution in [1.82, 2.24) is 0 Å². The molecule has 100 valence electrons. The minimum Gasteiger partial charge on any atom is -0.496 e. The number of ketones is 1. The number of rotatable bonds is 2. The summed E-state index contributed by atoms with van der Waals surface area (Å²) in [6.07, 6.45) is -4.92. The maximum absolute atomic E-state index is 12.5. The molecule has 0 fully saturated rings. The first-order valence-corrected chi connectivity index (χ1v) is 6.02. The van der Waals surface area contributed by atoms with Crippen LogP contribution in [0, 0.1) is 0 Å². The number of carbonyl (C=O) groups is 1. The molecule has 2 nitrogen and oxygen atoms in total. The fourth-order valence-corrected chi connectivity index (χ4v) is 2.43. The summed E-state index contributed by atoms with van der Waals surface area (Å²) < 4.78 is 42.8. The van der Waals surface area contributed by atoms with Gasteiger partial charge in [0.05, 0.1) is 7.11 Å². The Morgan fingerprint density at radius 3 is 2.32 bits per heavy atom. The zero-order chi connectivity index (χ0) is 14.2. The van der Waals surface area contributed by atoms with E-state index >= 15 is 0 Å². The number of halogens is 4. The van der Waals surface area contributed by atoms with Crippen molar-refractivity contribution in [3.05, 3.63) is 40.4 Å². The highest BCUT2D eigenvalue weighted by Crippen LogP contribution is 2.37. The molecule has 0 bridgehead atoms. The first-order chi connectivity index (χ1) is 8.86. The summed E-state index contributed by atoms with van der Waals surface area (Å²) in [5, 5.41) is 1.13. The number of benzene rings is 2. The highest BCUT2D eigenvalue weighted by molar-refractivity contribution is 9.10. The molecule has 0 amide bonds. The Balaban J connectivity index is 2.77. The lowest BCUT2D eigenvalue weighted by Crippen LogP contribution is -2.23. The van der Waals surface area contributed by atoms with Gasteiger partial charge in [0.1, 0.15) is 5.75 Å². The van der Waals surface area contributed by atoms with Crippen LogP contribution in [0.25, 0.3) is 10.8 Å². The van der Waals surface area contributed by atoms with E-state index in [9.17, 15) is 18.0 Å². The third-order valence-corrected chi connectivity index (χ3v) is 3.52. The summed E-state index contributed by atoms with van der Waals surface area (Å²) in [7, 11) is 1.34. The van der Waals surface area contributed by atoms with Gasteiger partial charge < -0.3 is 4.74 Å². The summed E-state index contributed by atoms with van der Waals surface area (Å²) in [6.45, 7) is 0. The smallest absolute Gasteiger partial charge is 0.454 e. The van der Waals surface area contributed by atoms with Crippen LogP contribution in [0.3, 0.4) is 0 Å². The second-order valence-corrected chi connectivity index (χ2v) is 4.61. The Labute approximate surface area is 115 Å². The number of hydrogen-bond acceptors (Lipinski definition) is 2. The van der Waals surface area contributed by atoms with Crippen molar-refractivity contribution in [2.75, 3.05) is 7.11 Å². The Bertz CT molecular complexity index is 650. The summed E-state index contributed by atoms with van der Waals surface area (Å²) >= 11 is 3.06. The van der Waals surface area contributed by atoms with Gasteiger partial charge in [-0.25, -0.2) is 0 Å². The van der Waals surface area contributed by atoms with Gasteiger partial charge in [-0.15, -0.1) is 0 Å². The van der Waals surface area contributed by atoms with Gasteiger partial charge in [0.15, 0.2) is 0 Å². The van der Waals surface area contributed by atoms with E-state index in [2.05, 4.69) is 15.9 Å². The Hall–Kier alpha value is -1.56. The van der Waals surface area contributed by atoms with Gasteiger partial charge >= 0.3 is 6.18 Å². The van der Waals surface area contributed by atoms with Crippen LogP contribution in [0.2, 0.25) is 0 Å². The predicted octanol–water partition coefficient (Wildman–Crippen LogP) is 4.36. The minimum absolute atomic E-state index is 0.117. The molecule has 6 heteroatoms. The zero-order valence-electron chi connectivity index (χ0n) is 9.72. The summed E-state index contributed by atoms with van der Waals surface area (Å²) in [6, 6.07) is 7.84. The predicted molar refractivity (Wildman–Crippen MR) is 68.6 cm³/mol. The van der Waals surface area contributed by atoms with Crippen LogP contribution in [0.5, 0.6) is 5.75 Å². The van der Waals surface area contributed by atoms with Crippen LogP contribution >= 0.6 is 15.9 Å². The van der Waals surface area contributed by atoms with Gasteiger partial charge in [0.2, 0.25) is 0 Å². The standard InChI is InChI=1S/C13H8BrF3O2/c1-19-10-6-9(12(18)13(15,16)17)11(14)8-5-3-2-4-7(8)10/h2-6H,1H3. The lowest BCUT2D eigenvalue weighted by Gasteiger charge is -2.13. The van der Waals surface area contributed by atoms with Gasteiger partial charge in [-0.2, -0.15) is 13.2 Å². The average Bonchev–Trinajstić information content (AvgIpc) is 2.38. The third kappa shape index (κ3) is 2.45. The molecule has 0 unspecified atom stereocenters. The number of Topliss-reactive ketones (excluding diaryl/α,β-unsaturated/α-hetero) is 1. The molecule has 0 aliphatic heterocycles. The van der Waals surface area contributed by atoms with Crippen LogP contribution in [0.1, 0.15) is 10.4 Å². The molecule has 0 radical (unpaired) electrons. The largest absolute Gasteiger partial charge is 0.496 e. The second kappa shape index (κ2) is 4.85. The number of methoxy groups -OCH3 is 1. The first-order valence-electron chi connectivity index (χ1n) is 5.23. The SMILES string of the molecule is COc1cc(C(=O)C(F)(F)F)c(Br)c2ccccc12. The van der Waals surface area contributed by atoms with Crippen molar-refractivity contribution in [3.63, 3.8) is 0 Å². The minimum atomic E-state index is -4.92. The van der Waals surface area contributed by atoms with Gasteiger partial charge in [-0.1, -0.05) is 24.3 Å². The van der Waals surface area contributed by atoms with E-state index in [1.807, 2.05) is 0 Å². The number of fused-ring (bicyclic) bond motifs is 1. The van der Waals surface area contributed by atoms with Crippen molar-refractivity contribution < 1.29 is 22.7 Å². The van der Waals surface area contributed by atoms with Crippen LogP contribution in [0.4, 0.5) is 13.2 Å². The Kier molecular flexibility index (Phi) is 3.54. The number of alkyl halides is 3. The molecule has 19 heavy (non-hydrogen) atoms. The first kappa shape index (κ1) is 13.9. The molecule has 0 aromatic heterocycles. The number of carbonyl (C=O) groups excluding carboxylic acids is 1. The Morgan fingerprint density at radius 1 is 1.21 bits per heavy atom. The van der Waals surface area contributed by atoms with E-state index in [4.69, 9.17) is 4.74 Å². The molecular formula is C13H8BrF3O2. The molecule has 0 spiro atoms. The molecule has 2 aromatic rings. The number of ether oxygens (including phenoxy) is 1. The fourth-order valence-electron chi connectivity index (χ4n) is 1.79. The zero-order valence-corrected chi connectivity index (χ0v) is 11.3. The summed E-state index contributed by atoms with van der Waals surface area (Å²) in [4.78, 5) is 11.4. The van der Waals surface area contributed by atoms with Crippen LogP contribution in [-0.2, 0) is 0 Å². The highest BCUT2D eigenvalue weighted by Gasteiger charge is 2.40. The molecule has 0 heterocycles. The quantitative estimate of drug-likeness (QED) is 0.764. The van der Waals surface area contributed by atoms with E-state index < -0.39 is 17.5 Å². The van der Waals surface area contributed by atoms with Crippen LogP contribution in [-0.4, -0.2) is 19.1 Å². The molecule has 0 saturated heterocycles. The Morgan fingerprint density at radius 2 is 1.79 bits per heavy atom. The molecule has 2 rings (SSSR count). The summed E-state index contributed by atoms with van der Waals surface area (Å²) in [5.74, 6) is -1.67. The van der Waals surface area contributed by atoms with Gasteiger partial charge in [-0.3, -0.25) is 4.79 Å². The van der Waals surface area contributed by atoms with E-state index in [1.165, 1.54) is 7.11 Å². The normalized spacial score (nSPS) is 11.6. The van der Waals surface area contributed by atoms with Crippen molar-refractivity contribution in [1.29, 1.82) is 0 Å². The fraction of sp³-hybridized carbons (Fsp3) is 0.154. The van der Waals surface area contributed by atoms with Gasteiger partial charge in [-0.05, 0) is 22.0 Å². The van der Waals surface area contributed by atoms with E-state index in [-0.39, 0.29) is 10.2 Å². The molecule has 0 N–H and O–H groups in total. The van der Waals surface area contributed by atoms with Gasteiger partial charge in [0, 0.05) is 20.8 Å². The molecular weight excluding hydrogens is 325 g/mol. The van der Waals surface area contributed by atoms with Crippen molar-refractivity contribution in [2.24, 2.45) is 0 Å². The second-order valence-electron chi connectivity index (χ2n) is 3.81. The van der Waals surface area contributed by atoms with E-state index in [0.29, 0.717) is 10.8 Å². The molecule has 0 aliphatic rings. The average molecular weight is 333 g/mol. The van der Waals surface area contributed by atoms with Crippen molar-refractivity contribution >= 4 is 32.5 Å². The van der Waals surface area contributed by atoms with Crippen LogP contribution < -0.4 is 4.74 Å². The monoisotopic (exact) mass is 332 g/mol. The van der Waals surface area contributed by atoms with E-state index in [1.54, 1.807) is 24.3 Å². The van der Waals surface area contributed by atoms with Crippen LogP contribution in [0.15, 0.2) is 34.8 Å². The van der Waals surface area contributed by atoms with Gasteiger partial charge in [0.25, 0.3) is 5.78 Å². The number of hydrogen-bond donors (Lipinski definition) is 0. The lowest BCUT2D eigenvalue weighted by molar-refractivity contribution is -0.0885.